The second kappa shape index (κ2) is 7.26. The highest BCUT2D eigenvalue weighted by atomic mass is 16.7. The molecule has 140 valence electrons. The summed E-state index contributed by atoms with van der Waals surface area (Å²) in [6.07, 6.45) is 4.05. The second-order valence-electron chi connectivity index (χ2n) is 7.59. The number of nitriles is 3. The van der Waals surface area contributed by atoms with Gasteiger partial charge >= 0.3 is 0 Å². The fourth-order valence-corrected chi connectivity index (χ4v) is 4.83. The van der Waals surface area contributed by atoms with E-state index in [0.29, 0.717) is 6.42 Å². The van der Waals surface area contributed by atoms with Gasteiger partial charge in [0.1, 0.15) is 0 Å². The predicted octanol–water partition coefficient (Wildman–Crippen LogP) is 4.29. The van der Waals surface area contributed by atoms with Gasteiger partial charge in [0.25, 0.3) is 0 Å². The van der Waals surface area contributed by atoms with Crippen molar-refractivity contribution in [3.63, 3.8) is 0 Å². The first kappa shape index (κ1) is 20.2. The highest BCUT2D eigenvalue weighted by Gasteiger charge is 2.79. The van der Waals surface area contributed by atoms with Crippen molar-refractivity contribution in [2.24, 2.45) is 22.7 Å². The quantitative estimate of drug-likeness (QED) is 0.731. The number of hydrogen-bond donors (Lipinski definition) is 1. The Morgan fingerprint density at radius 1 is 1.12 bits per heavy atom. The first-order valence-electron chi connectivity index (χ1n) is 9.56. The van der Waals surface area contributed by atoms with E-state index in [1.165, 1.54) is 0 Å². The molecule has 2 saturated heterocycles. The topological polar surface area (TPSA) is 114 Å². The average molecular weight is 356 g/mol. The van der Waals surface area contributed by atoms with E-state index >= 15 is 0 Å². The first-order valence-corrected chi connectivity index (χ1v) is 9.56. The van der Waals surface area contributed by atoms with Crippen LogP contribution in [-0.2, 0) is 9.47 Å². The maximum atomic E-state index is 10.2. The Bertz CT molecular complexity index is 671. The number of rotatable bonds is 7. The molecule has 2 bridgehead atoms. The Morgan fingerprint density at radius 2 is 1.77 bits per heavy atom. The minimum absolute atomic E-state index is 0.0432. The zero-order chi connectivity index (χ0) is 19.6. The summed E-state index contributed by atoms with van der Waals surface area (Å²) in [5.74, 6) is -2.00. The van der Waals surface area contributed by atoms with E-state index in [9.17, 15) is 15.8 Å². The van der Waals surface area contributed by atoms with E-state index < -0.39 is 28.6 Å². The molecule has 2 rings (SSSR count). The van der Waals surface area contributed by atoms with Gasteiger partial charge in [-0.2, -0.15) is 15.8 Å². The highest BCUT2D eigenvalue weighted by Crippen LogP contribution is 2.65. The molecule has 2 fully saturated rings. The van der Waals surface area contributed by atoms with Gasteiger partial charge in [0, 0.05) is 6.92 Å². The number of nitrogens with zero attached hydrogens (tertiary/aromatic N) is 3. The van der Waals surface area contributed by atoms with E-state index in [1.54, 1.807) is 6.92 Å². The van der Waals surface area contributed by atoms with Gasteiger partial charge in [-0.15, -0.1) is 0 Å². The van der Waals surface area contributed by atoms with Crippen LogP contribution in [0.15, 0.2) is 0 Å². The van der Waals surface area contributed by atoms with Crippen LogP contribution in [-0.4, -0.2) is 17.8 Å². The third-order valence-corrected chi connectivity index (χ3v) is 6.22. The van der Waals surface area contributed by atoms with Crippen LogP contribution in [0.3, 0.4) is 0 Å². The molecule has 0 spiro atoms. The lowest BCUT2D eigenvalue weighted by Gasteiger charge is -2.50. The molecule has 0 aromatic carbocycles. The normalized spacial score (nSPS) is 35.7. The maximum absolute atomic E-state index is 10.2. The second-order valence-corrected chi connectivity index (χ2v) is 7.59. The SMILES string of the molecule is CCCCC(CC)C1OC2(C)OC(=N)C(C#N)(C2CCC)C1(C#N)C#N. The van der Waals surface area contributed by atoms with Gasteiger partial charge in [-0.3, -0.25) is 5.41 Å². The van der Waals surface area contributed by atoms with E-state index in [0.717, 1.165) is 32.1 Å². The molecule has 5 unspecified atom stereocenters. The standard InChI is InChI=1S/C20H28N4O2/c1-5-8-10-14(7-3)16-19(11-21,12-22)20(13-23)15(9-6-2)18(4,25-16)26-17(20)24/h14-16,24H,5-10H2,1-4H3. The summed E-state index contributed by atoms with van der Waals surface area (Å²) >= 11 is 0. The summed E-state index contributed by atoms with van der Waals surface area (Å²) in [5, 5.41) is 38.8. The van der Waals surface area contributed by atoms with E-state index in [1.807, 2.05) is 13.8 Å². The van der Waals surface area contributed by atoms with Gasteiger partial charge in [0.15, 0.2) is 10.8 Å². The Balaban J connectivity index is 2.69. The summed E-state index contributed by atoms with van der Waals surface area (Å²) in [4.78, 5) is 0. The third-order valence-electron chi connectivity index (χ3n) is 6.22. The van der Waals surface area contributed by atoms with Crippen LogP contribution in [0.5, 0.6) is 0 Å². The zero-order valence-corrected chi connectivity index (χ0v) is 16.1. The molecular formula is C20H28N4O2. The first-order chi connectivity index (χ1) is 12.4. The molecule has 0 saturated carbocycles. The summed E-state index contributed by atoms with van der Waals surface area (Å²) in [6, 6.07) is 6.47. The fourth-order valence-electron chi connectivity index (χ4n) is 4.83. The summed E-state index contributed by atoms with van der Waals surface area (Å²) < 4.78 is 12.1. The number of nitrogens with one attached hydrogen (secondary N) is 1. The molecule has 5 atom stereocenters. The van der Waals surface area contributed by atoms with Crippen molar-refractivity contribution in [3.05, 3.63) is 0 Å². The van der Waals surface area contributed by atoms with Gasteiger partial charge in [-0.1, -0.05) is 46.5 Å². The number of unbranched alkanes of at least 4 members (excludes halogenated alkanes) is 1. The largest absolute Gasteiger partial charge is 0.448 e. The van der Waals surface area contributed by atoms with Crippen molar-refractivity contribution in [1.29, 1.82) is 21.2 Å². The Kier molecular flexibility index (Phi) is 5.64. The van der Waals surface area contributed by atoms with Crippen molar-refractivity contribution in [3.8, 4) is 18.2 Å². The van der Waals surface area contributed by atoms with Crippen LogP contribution in [0, 0.1) is 62.1 Å². The van der Waals surface area contributed by atoms with Crippen LogP contribution in [0.1, 0.15) is 66.2 Å². The van der Waals surface area contributed by atoms with Crippen LogP contribution in [0.4, 0.5) is 0 Å². The van der Waals surface area contributed by atoms with Crippen molar-refractivity contribution >= 4 is 5.90 Å². The molecule has 2 heterocycles. The lowest BCUT2D eigenvalue weighted by Crippen LogP contribution is -2.63. The van der Waals surface area contributed by atoms with Crippen molar-refractivity contribution in [1.82, 2.24) is 0 Å². The molecule has 0 radical (unpaired) electrons. The minimum atomic E-state index is -1.75. The van der Waals surface area contributed by atoms with E-state index in [4.69, 9.17) is 14.9 Å². The third kappa shape index (κ3) is 2.42. The molecule has 6 heteroatoms. The molecule has 0 amide bonds. The molecular weight excluding hydrogens is 328 g/mol. The summed E-state index contributed by atoms with van der Waals surface area (Å²) in [5.41, 5.74) is -3.34. The summed E-state index contributed by atoms with van der Waals surface area (Å²) in [6.45, 7) is 7.82. The molecule has 1 N–H and O–H groups in total. The molecule has 0 aliphatic carbocycles. The molecule has 2 aliphatic rings. The number of ether oxygens (including phenoxy) is 2. The van der Waals surface area contributed by atoms with Gasteiger partial charge in [-0.05, 0) is 18.8 Å². The van der Waals surface area contributed by atoms with Gasteiger partial charge in [0.2, 0.25) is 11.7 Å². The number of fused-ring (bicyclic) bond motifs is 2. The predicted molar refractivity (Wildman–Crippen MR) is 95.5 cm³/mol. The van der Waals surface area contributed by atoms with E-state index in [-0.39, 0.29) is 11.8 Å². The van der Waals surface area contributed by atoms with Crippen LogP contribution >= 0.6 is 0 Å². The minimum Gasteiger partial charge on any atom is -0.448 e. The lowest BCUT2D eigenvalue weighted by atomic mass is 9.51. The Labute approximate surface area is 156 Å². The molecule has 6 nitrogen and oxygen atoms in total. The lowest BCUT2D eigenvalue weighted by molar-refractivity contribution is -0.282. The summed E-state index contributed by atoms with van der Waals surface area (Å²) in [7, 11) is 0. The highest BCUT2D eigenvalue weighted by molar-refractivity contribution is 5.89. The zero-order valence-electron chi connectivity index (χ0n) is 16.1. The molecule has 2 aliphatic heterocycles. The van der Waals surface area contributed by atoms with Crippen molar-refractivity contribution in [2.45, 2.75) is 78.1 Å². The fraction of sp³-hybridized carbons (Fsp3) is 0.800. The number of hydrogen-bond acceptors (Lipinski definition) is 6. The van der Waals surface area contributed by atoms with Crippen LogP contribution < -0.4 is 0 Å². The maximum Gasteiger partial charge on any atom is 0.214 e. The smallest absolute Gasteiger partial charge is 0.214 e. The van der Waals surface area contributed by atoms with Gasteiger partial charge in [-0.25, -0.2) is 0 Å². The Hall–Kier alpha value is -2.10. The molecule has 0 aromatic heterocycles. The monoisotopic (exact) mass is 356 g/mol. The van der Waals surface area contributed by atoms with Gasteiger partial charge < -0.3 is 9.47 Å². The van der Waals surface area contributed by atoms with Crippen molar-refractivity contribution in [2.75, 3.05) is 0 Å². The van der Waals surface area contributed by atoms with Gasteiger partial charge in [0.05, 0.1) is 30.2 Å². The molecule has 26 heavy (non-hydrogen) atoms. The van der Waals surface area contributed by atoms with Crippen LogP contribution in [0.2, 0.25) is 0 Å². The van der Waals surface area contributed by atoms with E-state index in [2.05, 4.69) is 25.1 Å². The average Bonchev–Trinajstić information content (AvgIpc) is 2.80. The molecule has 0 aromatic rings. The van der Waals surface area contributed by atoms with Crippen LogP contribution in [0.25, 0.3) is 0 Å². The Morgan fingerprint density at radius 3 is 2.23 bits per heavy atom. The van der Waals surface area contributed by atoms with Crippen molar-refractivity contribution < 1.29 is 9.47 Å².